The van der Waals surface area contributed by atoms with E-state index >= 15 is 0 Å². The molecular weight excluding hydrogens is 1390 g/mol. The van der Waals surface area contributed by atoms with Crippen LogP contribution in [-0.4, -0.2) is 250 Å². The summed E-state index contributed by atoms with van der Waals surface area (Å²) in [7, 11) is 3.28. The summed E-state index contributed by atoms with van der Waals surface area (Å²) in [5.41, 5.74) is 14.4. The summed E-state index contributed by atoms with van der Waals surface area (Å²) in [5, 5.41) is 13.0. The molecule has 2 atom stereocenters. The molecule has 108 heavy (non-hydrogen) atoms. The summed E-state index contributed by atoms with van der Waals surface area (Å²) in [6.45, 7) is 10.5. The predicted octanol–water partition coefficient (Wildman–Crippen LogP) is 3.53. The molecule has 6 heterocycles. The van der Waals surface area contributed by atoms with E-state index in [2.05, 4.69) is 60.9 Å². The minimum Gasteiger partial charge on any atom is -0.495 e. The molecule has 0 unspecified atom stereocenters. The molecule has 1 saturated carbocycles. The molecule has 31 nitrogen and oxygen atoms in total. The van der Waals surface area contributed by atoms with E-state index in [0.717, 1.165) is 79.3 Å². The van der Waals surface area contributed by atoms with Crippen molar-refractivity contribution in [3.8, 4) is 28.7 Å². The Hall–Kier alpha value is -9.01. The largest absolute Gasteiger partial charge is 0.495 e. The highest BCUT2D eigenvalue weighted by atomic mass is 16.6. The number of primary amides is 2. The number of ether oxygens (including phenoxy) is 11. The summed E-state index contributed by atoms with van der Waals surface area (Å²) in [4.78, 5) is 108. The van der Waals surface area contributed by atoms with Crippen molar-refractivity contribution in [2.24, 2.45) is 24.4 Å². The van der Waals surface area contributed by atoms with Crippen LogP contribution in [0.15, 0.2) is 90.0 Å². The van der Waals surface area contributed by atoms with Gasteiger partial charge in [-0.25, -0.2) is 14.8 Å². The SMILES string of the molecule is COc1ccc(C#CCNC2(C)CCN(C3CCN(c4nc([C@@](COCNC(=O)CNC(=O)[C@H](COCCOCCOCCOCCOCCOCCOCCOCCC(N)=O)CC(N)=O)(OC5CC5)c5ccccc5)c5cc(-c6cn(C)c(=O)c7[nH]ccc67)ccc5n4)CC3)CC2)cc1N1CCC(=O)NC1=O. The Bertz CT molecular complexity index is 4080. The molecule has 31 heteroatoms. The number of rotatable bonds is 46. The number of nitrogens with zero attached hydrogens (tertiary/aromatic N) is 6. The van der Waals surface area contributed by atoms with E-state index < -0.39 is 47.7 Å². The van der Waals surface area contributed by atoms with Crippen LogP contribution in [0.2, 0.25) is 0 Å². The molecule has 3 saturated heterocycles. The lowest BCUT2D eigenvalue weighted by Gasteiger charge is -2.45. The van der Waals surface area contributed by atoms with Crippen molar-refractivity contribution in [3.05, 3.63) is 112 Å². The molecule has 10 rings (SSSR count). The van der Waals surface area contributed by atoms with Crippen molar-refractivity contribution in [2.45, 2.75) is 88.0 Å². The van der Waals surface area contributed by atoms with Gasteiger partial charge in [0.1, 0.15) is 18.0 Å². The zero-order chi connectivity index (χ0) is 76.1. The summed E-state index contributed by atoms with van der Waals surface area (Å²) in [5.74, 6) is 4.06. The molecule has 0 spiro atoms. The molecule has 0 bridgehead atoms. The van der Waals surface area contributed by atoms with Crippen molar-refractivity contribution in [1.29, 1.82) is 0 Å². The maximum atomic E-state index is 13.5. The number of imide groups is 1. The molecule has 6 aromatic rings. The van der Waals surface area contributed by atoms with E-state index in [1.54, 1.807) is 31.0 Å². The Labute approximate surface area is 628 Å². The number of pyridine rings is 1. The Balaban J connectivity index is 0.706. The monoisotopic (exact) mass is 1500 g/mol. The van der Waals surface area contributed by atoms with Gasteiger partial charge in [-0.3, -0.25) is 39.0 Å². The highest BCUT2D eigenvalue weighted by Crippen LogP contribution is 2.44. The summed E-state index contributed by atoms with van der Waals surface area (Å²) in [6.07, 6.45) is 8.81. The van der Waals surface area contributed by atoms with Crippen LogP contribution in [0.4, 0.5) is 16.4 Å². The third-order valence-corrected chi connectivity index (χ3v) is 19.3. The number of aryl methyl sites for hydroxylation is 1. The first-order chi connectivity index (χ1) is 52.5. The van der Waals surface area contributed by atoms with Crippen LogP contribution in [0.3, 0.4) is 0 Å². The van der Waals surface area contributed by atoms with Crippen LogP contribution in [-0.2, 0) is 84.0 Å². The van der Waals surface area contributed by atoms with Gasteiger partial charge in [0.2, 0.25) is 35.5 Å². The molecule has 3 aromatic heterocycles. The van der Waals surface area contributed by atoms with Crippen molar-refractivity contribution < 1.29 is 80.9 Å². The first-order valence-corrected chi connectivity index (χ1v) is 37.1. The average Bonchev–Trinajstić information content (AvgIpc) is 1.02. The second-order valence-electron chi connectivity index (χ2n) is 27.2. The topological polar surface area (TPSA) is 377 Å². The number of hydrogen-bond donors (Lipinski definition) is 7. The number of hydrogen-bond acceptors (Lipinski definition) is 23. The maximum Gasteiger partial charge on any atom is 0.328 e. The number of fused-ring (bicyclic) bond motifs is 2. The van der Waals surface area contributed by atoms with Crippen molar-refractivity contribution in [2.75, 3.05) is 182 Å². The number of likely N-dealkylation sites (tertiary alicyclic amines) is 1. The fourth-order valence-corrected chi connectivity index (χ4v) is 13.1. The number of benzene rings is 3. The van der Waals surface area contributed by atoms with E-state index in [0.29, 0.717) is 144 Å². The second kappa shape index (κ2) is 41.5. The van der Waals surface area contributed by atoms with Gasteiger partial charge in [0.15, 0.2) is 5.60 Å². The molecule has 4 aliphatic rings. The number of aromatic amines is 1. The number of nitrogens with one attached hydrogen (secondary N) is 5. The van der Waals surface area contributed by atoms with Crippen molar-refractivity contribution >= 4 is 69.0 Å². The number of methoxy groups -OCH3 is 1. The molecule has 3 aliphatic heterocycles. The summed E-state index contributed by atoms with van der Waals surface area (Å²) in [6, 6.07) is 23.1. The lowest BCUT2D eigenvalue weighted by molar-refractivity contribution is -0.133. The molecule has 1 aliphatic carbocycles. The van der Waals surface area contributed by atoms with Crippen molar-refractivity contribution in [3.63, 3.8) is 0 Å². The Morgan fingerprint density at radius 1 is 0.713 bits per heavy atom. The molecule has 4 fully saturated rings. The van der Waals surface area contributed by atoms with Gasteiger partial charge in [-0.2, -0.15) is 0 Å². The van der Waals surface area contributed by atoms with Gasteiger partial charge in [-0.15, -0.1) is 0 Å². The smallest absolute Gasteiger partial charge is 0.328 e. The number of carbonyl (C=O) groups is 6. The molecule has 3 aromatic carbocycles. The molecule has 7 amide bonds. The quantitative estimate of drug-likeness (QED) is 0.0163. The first-order valence-electron chi connectivity index (χ1n) is 37.1. The highest BCUT2D eigenvalue weighted by molar-refractivity contribution is 6.06. The summed E-state index contributed by atoms with van der Waals surface area (Å²) >= 11 is 0. The fraction of sp³-hybridized carbons (Fsp3) is 0.545. The minimum atomic E-state index is -1.35. The van der Waals surface area contributed by atoms with Gasteiger partial charge >= 0.3 is 6.03 Å². The second-order valence-corrected chi connectivity index (χ2v) is 27.2. The number of urea groups is 1. The number of amides is 7. The lowest BCUT2D eigenvalue weighted by Crippen LogP contribution is -2.55. The van der Waals surface area contributed by atoms with Crippen LogP contribution < -0.4 is 52.8 Å². The van der Waals surface area contributed by atoms with Crippen LogP contribution >= 0.6 is 0 Å². The van der Waals surface area contributed by atoms with E-state index in [-0.39, 0.29) is 88.7 Å². The Kier molecular flexibility index (Phi) is 31.3. The number of piperidine rings is 2. The van der Waals surface area contributed by atoms with Gasteiger partial charge in [0, 0.05) is 105 Å². The van der Waals surface area contributed by atoms with E-state index in [4.69, 9.17) is 73.5 Å². The Morgan fingerprint density at radius 2 is 1.36 bits per heavy atom. The number of H-pyrrole nitrogens is 1. The zero-order valence-electron chi connectivity index (χ0n) is 62.0. The van der Waals surface area contributed by atoms with Crippen LogP contribution in [0.25, 0.3) is 32.9 Å². The zero-order valence-corrected chi connectivity index (χ0v) is 62.0. The normalized spacial score (nSPS) is 16.4. The lowest BCUT2D eigenvalue weighted by atomic mass is 9.87. The highest BCUT2D eigenvalue weighted by Gasteiger charge is 2.45. The third kappa shape index (κ3) is 24.0. The minimum absolute atomic E-state index is 0.0934. The van der Waals surface area contributed by atoms with Gasteiger partial charge in [0.05, 0.1) is 161 Å². The fourth-order valence-electron chi connectivity index (χ4n) is 13.1. The number of carbonyl (C=O) groups excluding carboxylic acids is 6. The van der Waals surface area contributed by atoms with Crippen LogP contribution in [0.5, 0.6) is 5.75 Å². The van der Waals surface area contributed by atoms with Gasteiger partial charge < -0.3 is 98.9 Å². The number of aromatic nitrogens is 4. The van der Waals surface area contributed by atoms with E-state index in [1.165, 1.54) is 4.90 Å². The van der Waals surface area contributed by atoms with Crippen LogP contribution in [0, 0.1) is 17.8 Å². The van der Waals surface area contributed by atoms with Gasteiger partial charge in [-0.05, 0) is 93.0 Å². The molecular formula is C77H103N13O18. The molecule has 9 N–H and O–H groups in total. The Morgan fingerprint density at radius 3 is 1.98 bits per heavy atom. The molecule has 584 valence electrons. The van der Waals surface area contributed by atoms with E-state index in [1.807, 2.05) is 66.9 Å². The maximum absolute atomic E-state index is 13.5. The van der Waals surface area contributed by atoms with Gasteiger partial charge in [0.25, 0.3) is 5.56 Å². The van der Waals surface area contributed by atoms with Gasteiger partial charge in [-0.1, -0.05) is 48.2 Å². The average molecular weight is 1500 g/mol. The number of anilines is 2. The third-order valence-electron chi connectivity index (χ3n) is 19.3. The first kappa shape index (κ1) is 81.5. The number of nitrogens with two attached hydrogens (primary N) is 2. The van der Waals surface area contributed by atoms with Crippen molar-refractivity contribution in [1.82, 2.24) is 45.7 Å². The van der Waals surface area contributed by atoms with E-state index in [9.17, 15) is 33.6 Å². The molecule has 0 radical (unpaired) electrons. The van der Waals surface area contributed by atoms with Crippen LogP contribution in [0.1, 0.15) is 81.5 Å². The standard InChI is InChI=1S/C77H103N13O18/c1-76(83-24-7-8-54-11-16-65(98-3)64(46-54)90-28-20-68(93)85-75(90)97)22-29-88(30-23-76)58-18-26-89(27-19-58)74-84-63-15-12-55(62-50-87(2)73(96)70-60(62)17-25-80-70)47-61(63)71(86-74)77(108-59-13-14-59,57-9-5-4-6-10-57)52-107-53-82-69(94)49-81-72(95)56(48-67(79)92)51-106-45-44-105-43-42-104-41-40-103-39-38-102-37-36-101-35-34-100-33-32-99-31-21-66(78)91/h4-6,9-12,15-17,25,46-47,50,56,58-59,80,83H,13-14,18-24,26-45,48-49,51-53H2,1-3H3,(H2,78,91)(H2,79,92)(H,81,95)(H,82,94)(H,85,93,97)/t56-,77-/m0/s1. The predicted molar refractivity (Wildman–Crippen MR) is 401 cm³/mol. The summed E-state index contributed by atoms with van der Waals surface area (Å²) < 4.78 is 65.0.